The molecule has 154 valence electrons. The van der Waals surface area contributed by atoms with E-state index in [1.807, 2.05) is 12.4 Å². The fourth-order valence-electron chi connectivity index (χ4n) is 4.02. The topological polar surface area (TPSA) is 88.2 Å². The first-order chi connectivity index (χ1) is 14.1. The summed E-state index contributed by atoms with van der Waals surface area (Å²) in [6, 6.07) is 5.18. The molecular weight excluding hydrogens is 368 g/mol. The van der Waals surface area contributed by atoms with E-state index in [0.29, 0.717) is 6.54 Å². The average molecular weight is 396 g/mol. The summed E-state index contributed by atoms with van der Waals surface area (Å²) < 4.78 is 4.34. The summed E-state index contributed by atoms with van der Waals surface area (Å²) in [4.78, 5) is 23.4. The summed E-state index contributed by atoms with van der Waals surface area (Å²) in [6.45, 7) is 10.4. The second-order valence-corrected chi connectivity index (χ2v) is 7.43. The van der Waals surface area contributed by atoms with E-state index in [2.05, 4.69) is 38.2 Å². The second-order valence-electron chi connectivity index (χ2n) is 7.43. The first kappa shape index (κ1) is 19.6. The molecule has 3 aromatic rings. The van der Waals surface area contributed by atoms with Crippen LogP contribution in [0.25, 0.3) is 11.0 Å². The lowest BCUT2D eigenvalue weighted by Crippen LogP contribution is -2.43. The number of aromatic carboxylic acids is 1. The number of fused-ring (bicyclic) bond motifs is 1. The molecule has 0 unspecified atom stereocenters. The van der Waals surface area contributed by atoms with Crippen molar-refractivity contribution in [3.8, 4) is 0 Å². The predicted molar refractivity (Wildman–Crippen MR) is 111 cm³/mol. The first-order valence-electron chi connectivity index (χ1n) is 10.3. The molecule has 0 spiro atoms. The van der Waals surface area contributed by atoms with E-state index in [0.717, 1.165) is 73.9 Å². The molecule has 2 aromatic heterocycles. The zero-order valence-corrected chi connectivity index (χ0v) is 17.1. The van der Waals surface area contributed by atoms with Gasteiger partial charge in [-0.2, -0.15) is 0 Å². The maximum atomic E-state index is 11.5. The Hall–Kier alpha value is -2.71. The van der Waals surface area contributed by atoms with Crippen LogP contribution in [0.3, 0.4) is 0 Å². The Bertz CT molecular complexity index is 994. The van der Waals surface area contributed by atoms with Gasteiger partial charge in [0.1, 0.15) is 5.82 Å². The molecule has 1 aromatic carbocycles. The van der Waals surface area contributed by atoms with Crippen LogP contribution < -0.4 is 5.32 Å². The monoisotopic (exact) mass is 396 g/mol. The maximum Gasteiger partial charge on any atom is 0.335 e. The van der Waals surface area contributed by atoms with E-state index in [-0.39, 0.29) is 5.56 Å². The van der Waals surface area contributed by atoms with Crippen LogP contribution in [0.5, 0.6) is 0 Å². The van der Waals surface area contributed by atoms with Crippen LogP contribution in [0.2, 0.25) is 0 Å². The van der Waals surface area contributed by atoms with E-state index in [1.54, 1.807) is 12.1 Å². The van der Waals surface area contributed by atoms with Gasteiger partial charge in [-0.1, -0.05) is 6.92 Å². The molecule has 0 saturated carbocycles. The minimum atomic E-state index is -0.920. The molecule has 2 N–H and O–H groups in total. The van der Waals surface area contributed by atoms with Crippen molar-refractivity contribution in [3.05, 3.63) is 47.3 Å². The molecule has 0 radical (unpaired) electrons. The first-order valence-corrected chi connectivity index (χ1v) is 10.3. The number of rotatable bonds is 7. The number of nitrogens with one attached hydrogen (secondary N) is 1. The van der Waals surface area contributed by atoms with Crippen molar-refractivity contribution in [2.45, 2.75) is 39.9 Å². The molecule has 3 heterocycles. The molecule has 0 amide bonds. The number of hydrogen-bond acceptors (Lipinski definition) is 5. The van der Waals surface area contributed by atoms with Gasteiger partial charge < -0.3 is 19.6 Å². The van der Waals surface area contributed by atoms with Gasteiger partial charge in [0.05, 0.1) is 47.4 Å². The number of aryl methyl sites for hydroxylation is 2. The molecule has 29 heavy (non-hydrogen) atoms. The highest BCUT2D eigenvalue weighted by Gasteiger charge is 2.20. The van der Waals surface area contributed by atoms with E-state index in [9.17, 15) is 9.90 Å². The number of aromatic nitrogens is 4. The fourth-order valence-corrected chi connectivity index (χ4v) is 4.02. The van der Waals surface area contributed by atoms with Crippen LogP contribution in [-0.4, -0.2) is 61.3 Å². The van der Waals surface area contributed by atoms with Gasteiger partial charge >= 0.3 is 5.97 Å². The third kappa shape index (κ3) is 3.90. The number of hydrogen-bond donors (Lipinski definition) is 2. The standard InChI is InChI=1S/C21H28N6O2/c1-3-16-19(26(4-2)14-23-16)12-27-18-11-15(21(28)29)5-6-17(18)24-20(27)13-25-9-7-22-8-10-25/h5-6,11,14,22H,3-4,7-10,12-13H2,1-2H3,(H,28,29). The molecule has 0 bridgehead atoms. The number of carboxylic acid groups (broad SMARTS) is 1. The highest BCUT2D eigenvalue weighted by molar-refractivity contribution is 5.92. The Kier molecular flexibility index (Phi) is 5.64. The minimum absolute atomic E-state index is 0.284. The zero-order valence-electron chi connectivity index (χ0n) is 17.1. The molecule has 8 nitrogen and oxygen atoms in total. The molecule has 1 aliphatic rings. The average Bonchev–Trinajstić information content (AvgIpc) is 3.29. The SMILES string of the molecule is CCc1ncn(CC)c1Cn1c(CN2CCNCC2)nc2ccc(C(=O)O)cc21. The van der Waals surface area contributed by atoms with E-state index >= 15 is 0 Å². The fraction of sp³-hybridized carbons (Fsp3) is 0.476. The van der Waals surface area contributed by atoms with Crippen molar-refractivity contribution in [2.75, 3.05) is 26.2 Å². The van der Waals surface area contributed by atoms with Gasteiger partial charge in [-0.3, -0.25) is 4.90 Å². The lowest BCUT2D eigenvalue weighted by molar-refractivity contribution is 0.0697. The largest absolute Gasteiger partial charge is 0.478 e. The van der Waals surface area contributed by atoms with Crippen molar-refractivity contribution in [1.82, 2.24) is 29.3 Å². The Morgan fingerprint density at radius 2 is 2.00 bits per heavy atom. The number of piperazine rings is 1. The number of carboxylic acids is 1. The van der Waals surface area contributed by atoms with Crippen LogP contribution in [0.1, 0.15) is 41.4 Å². The van der Waals surface area contributed by atoms with Crippen molar-refractivity contribution >= 4 is 17.0 Å². The van der Waals surface area contributed by atoms with Gasteiger partial charge in [-0.15, -0.1) is 0 Å². The van der Waals surface area contributed by atoms with Gasteiger partial charge in [0.2, 0.25) is 0 Å². The Morgan fingerprint density at radius 1 is 1.21 bits per heavy atom. The third-order valence-corrected chi connectivity index (χ3v) is 5.67. The molecule has 0 atom stereocenters. The number of imidazole rings is 2. The molecule has 0 aliphatic carbocycles. The molecule has 8 heteroatoms. The molecule has 1 fully saturated rings. The number of nitrogens with zero attached hydrogens (tertiary/aromatic N) is 5. The summed E-state index contributed by atoms with van der Waals surface area (Å²) in [6.07, 6.45) is 2.76. The van der Waals surface area contributed by atoms with Crippen LogP contribution in [0, 0.1) is 0 Å². The predicted octanol–water partition coefficient (Wildman–Crippen LogP) is 1.97. The van der Waals surface area contributed by atoms with Crippen molar-refractivity contribution < 1.29 is 9.90 Å². The number of benzene rings is 1. The number of carbonyl (C=O) groups is 1. The quantitative estimate of drug-likeness (QED) is 0.635. The second kappa shape index (κ2) is 8.34. The van der Waals surface area contributed by atoms with Gasteiger partial charge in [0.25, 0.3) is 0 Å². The van der Waals surface area contributed by atoms with Gasteiger partial charge in [0, 0.05) is 32.7 Å². The molecule has 1 saturated heterocycles. The highest BCUT2D eigenvalue weighted by Crippen LogP contribution is 2.22. The van der Waals surface area contributed by atoms with Crippen molar-refractivity contribution in [3.63, 3.8) is 0 Å². The van der Waals surface area contributed by atoms with Gasteiger partial charge in [0.15, 0.2) is 0 Å². The van der Waals surface area contributed by atoms with Gasteiger partial charge in [-0.05, 0) is 31.5 Å². The lowest BCUT2D eigenvalue weighted by Gasteiger charge is -2.27. The van der Waals surface area contributed by atoms with E-state index in [1.165, 1.54) is 0 Å². The smallest absolute Gasteiger partial charge is 0.335 e. The summed E-state index contributed by atoms with van der Waals surface area (Å²) in [7, 11) is 0. The summed E-state index contributed by atoms with van der Waals surface area (Å²) >= 11 is 0. The Labute approximate surface area is 170 Å². The maximum absolute atomic E-state index is 11.5. The van der Waals surface area contributed by atoms with Gasteiger partial charge in [-0.25, -0.2) is 14.8 Å². The molecular formula is C21H28N6O2. The normalized spacial score (nSPS) is 15.2. The Balaban J connectivity index is 1.79. The van der Waals surface area contributed by atoms with Crippen LogP contribution in [0.4, 0.5) is 0 Å². The summed E-state index contributed by atoms with van der Waals surface area (Å²) in [5.41, 5.74) is 4.22. The zero-order chi connectivity index (χ0) is 20.4. The minimum Gasteiger partial charge on any atom is -0.478 e. The van der Waals surface area contributed by atoms with Crippen LogP contribution in [-0.2, 0) is 26.1 Å². The summed E-state index contributed by atoms with van der Waals surface area (Å²) in [5, 5.41) is 12.8. The van der Waals surface area contributed by atoms with Crippen LogP contribution >= 0.6 is 0 Å². The highest BCUT2D eigenvalue weighted by atomic mass is 16.4. The van der Waals surface area contributed by atoms with E-state index in [4.69, 9.17) is 4.98 Å². The lowest BCUT2D eigenvalue weighted by atomic mass is 10.2. The van der Waals surface area contributed by atoms with Crippen molar-refractivity contribution in [1.29, 1.82) is 0 Å². The molecule has 1 aliphatic heterocycles. The summed E-state index contributed by atoms with van der Waals surface area (Å²) in [5.74, 6) is 0.0477. The Morgan fingerprint density at radius 3 is 2.69 bits per heavy atom. The third-order valence-electron chi connectivity index (χ3n) is 5.67. The van der Waals surface area contributed by atoms with Crippen molar-refractivity contribution in [2.24, 2.45) is 0 Å². The molecule has 4 rings (SSSR count). The van der Waals surface area contributed by atoms with Crippen LogP contribution in [0.15, 0.2) is 24.5 Å². The van der Waals surface area contributed by atoms with E-state index < -0.39 is 5.97 Å².